The molecule has 0 spiro atoms. The van der Waals surface area contributed by atoms with Crippen molar-refractivity contribution in [2.75, 3.05) is 7.11 Å². The Hall–Kier alpha value is -1.88. The fourth-order valence-corrected chi connectivity index (χ4v) is 2.67. The van der Waals surface area contributed by atoms with Gasteiger partial charge >= 0.3 is 0 Å². The van der Waals surface area contributed by atoms with Crippen molar-refractivity contribution in [3.8, 4) is 11.5 Å². The zero-order valence-electron chi connectivity index (χ0n) is 12.7. The molecule has 21 heavy (non-hydrogen) atoms. The molecule has 0 atom stereocenters. The van der Waals surface area contributed by atoms with Gasteiger partial charge in [0.05, 0.1) is 12.8 Å². The summed E-state index contributed by atoms with van der Waals surface area (Å²) in [5, 5.41) is 2.98. The van der Waals surface area contributed by atoms with Gasteiger partial charge in [-0.2, -0.15) is 0 Å². The van der Waals surface area contributed by atoms with Crippen molar-refractivity contribution >= 4 is 17.6 Å². The van der Waals surface area contributed by atoms with Crippen LogP contribution >= 0.6 is 11.3 Å². The van der Waals surface area contributed by atoms with Gasteiger partial charge in [0.25, 0.3) is 0 Å². The van der Waals surface area contributed by atoms with E-state index in [0.717, 1.165) is 17.0 Å². The van der Waals surface area contributed by atoms with Crippen LogP contribution in [-0.2, 0) is 12.0 Å². The van der Waals surface area contributed by atoms with Gasteiger partial charge in [-0.05, 0) is 18.2 Å². The number of nitrogens with zero attached hydrogens (tertiary/aromatic N) is 1. The molecule has 0 N–H and O–H groups in total. The van der Waals surface area contributed by atoms with Gasteiger partial charge in [0.2, 0.25) is 0 Å². The van der Waals surface area contributed by atoms with Gasteiger partial charge in [-0.1, -0.05) is 20.8 Å². The number of thiazole rings is 1. The lowest BCUT2D eigenvalue weighted by atomic mass is 9.93. The van der Waals surface area contributed by atoms with Gasteiger partial charge in [-0.25, -0.2) is 4.98 Å². The maximum atomic E-state index is 10.8. The molecular formula is C16H19NO3S. The lowest BCUT2D eigenvalue weighted by Gasteiger charge is -2.14. The van der Waals surface area contributed by atoms with Crippen molar-refractivity contribution in [2.24, 2.45) is 0 Å². The molecule has 1 aromatic carbocycles. The number of methoxy groups -OCH3 is 1. The Morgan fingerprint density at radius 3 is 2.62 bits per heavy atom. The summed E-state index contributed by atoms with van der Waals surface area (Å²) >= 11 is 1.58. The largest absolute Gasteiger partial charge is 0.493 e. The summed E-state index contributed by atoms with van der Waals surface area (Å²) in [6.45, 7) is 6.78. The topological polar surface area (TPSA) is 48.4 Å². The number of ether oxygens (including phenoxy) is 2. The van der Waals surface area contributed by atoms with Crippen LogP contribution in [-0.4, -0.2) is 18.4 Å². The molecule has 1 aromatic heterocycles. The third-order valence-corrected chi connectivity index (χ3v) is 3.82. The number of rotatable bonds is 5. The SMILES string of the molecule is COc1cc(C=O)ccc1OCc1nc(C(C)(C)C)cs1. The van der Waals surface area contributed by atoms with E-state index in [0.29, 0.717) is 23.7 Å². The predicted octanol–water partition coefficient (Wildman–Crippen LogP) is 3.84. The zero-order valence-corrected chi connectivity index (χ0v) is 13.5. The van der Waals surface area contributed by atoms with E-state index in [9.17, 15) is 4.79 Å². The van der Waals surface area contributed by atoms with E-state index >= 15 is 0 Å². The van der Waals surface area contributed by atoms with Crippen LogP contribution in [0.1, 0.15) is 41.8 Å². The number of hydrogen-bond acceptors (Lipinski definition) is 5. The summed E-state index contributed by atoms with van der Waals surface area (Å²) in [6, 6.07) is 5.10. The van der Waals surface area contributed by atoms with Crippen molar-refractivity contribution in [2.45, 2.75) is 32.8 Å². The van der Waals surface area contributed by atoms with E-state index in [4.69, 9.17) is 9.47 Å². The van der Waals surface area contributed by atoms with Gasteiger partial charge in [-0.15, -0.1) is 11.3 Å². The molecule has 0 fully saturated rings. The van der Waals surface area contributed by atoms with Crippen LogP contribution in [0.5, 0.6) is 11.5 Å². The zero-order chi connectivity index (χ0) is 15.5. The summed E-state index contributed by atoms with van der Waals surface area (Å²) in [7, 11) is 1.55. The lowest BCUT2D eigenvalue weighted by Crippen LogP contribution is -2.11. The Labute approximate surface area is 128 Å². The highest BCUT2D eigenvalue weighted by molar-refractivity contribution is 7.09. The van der Waals surface area contributed by atoms with Crippen LogP contribution in [0.2, 0.25) is 0 Å². The highest BCUT2D eigenvalue weighted by atomic mass is 32.1. The molecule has 1 heterocycles. The molecule has 0 aliphatic carbocycles. The monoisotopic (exact) mass is 305 g/mol. The molecule has 0 unspecified atom stereocenters. The predicted molar refractivity (Wildman–Crippen MR) is 83.5 cm³/mol. The minimum absolute atomic E-state index is 0.0397. The Balaban J connectivity index is 2.09. The molecule has 5 heteroatoms. The quantitative estimate of drug-likeness (QED) is 0.787. The average Bonchev–Trinajstić information content (AvgIpc) is 2.94. The first-order valence-electron chi connectivity index (χ1n) is 6.65. The second-order valence-electron chi connectivity index (χ2n) is 5.69. The lowest BCUT2D eigenvalue weighted by molar-refractivity contribution is 0.112. The van der Waals surface area contributed by atoms with Gasteiger partial charge in [0, 0.05) is 16.4 Å². The molecule has 2 rings (SSSR count). The molecule has 2 aromatic rings. The second-order valence-corrected chi connectivity index (χ2v) is 6.64. The second kappa shape index (κ2) is 6.26. The van der Waals surface area contributed by atoms with Crippen molar-refractivity contribution in [1.29, 1.82) is 0 Å². The van der Waals surface area contributed by atoms with Crippen molar-refractivity contribution in [1.82, 2.24) is 4.98 Å². The van der Waals surface area contributed by atoms with E-state index < -0.39 is 0 Å². The first-order chi connectivity index (χ1) is 9.94. The average molecular weight is 305 g/mol. The number of aromatic nitrogens is 1. The van der Waals surface area contributed by atoms with Gasteiger partial charge in [-0.3, -0.25) is 4.79 Å². The number of aldehydes is 1. The Morgan fingerprint density at radius 2 is 2.05 bits per heavy atom. The van der Waals surface area contributed by atoms with Crippen LogP contribution in [0.3, 0.4) is 0 Å². The molecule has 0 bridgehead atoms. The molecule has 0 aliphatic heterocycles. The van der Waals surface area contributed by atoms with E-state index in [1.54, 1.807) is 36.6 Å². The third-order valence-electron chi connectivity index (χ3n) is 3.00. The van der Waals surface area contributed by atoms with Crippen LogP contribution in [0, 0.1) is 0 Å². The van der Waals surface area contributed by atoms with Crippen LogP contribution in [0.25, 0.3) is 0 Å². The normalized spacial score (nSPS) is 11.2. The van der Waals surface area contributed by atoms with E-state index in [1.165, 1.54) is 0 Å². The molecule has 0 aliphatic rings. The van der Waals surface area contributed by atoms with E-state index in [-0.39, 0.29) is 5.41 Å². The molecule has 0 radical (unpaired) electrons. The summed E-state index contributed by atoms with van der Waals surface area (Å²) in [5.41, 5.74) is 1.66. The van der Waals surface area contributed by atoms with E-state index in [2.05, 4.69) is 31.1 Å². The number of hydrogen-bond donors (Lipinski definition) is 0. The smallest absolute Gasteiger partial charge is 0.161 e. The maximum Gasteiger partial charge on any atom is 0.161 e. The molecule has 0 amide bonds. The highest BCUT2D eigenvalue weighted by Gasteiger charge is 2.17. The summed E-state index contributed by atoms with van der Waals surface area (Å²) < 4.78 is 11.0. The van der Waals surface area contributed by atoms with Crippen molar-refractivity contribution in [3.63, 3.8) is 0 Å². The van der Waals surface area contributed by atoms with Crippen LogP contribution < -0.4 is 9.47 Å². The first-order valence-corrected chi connectivity index (χ1v) is 7.53. The molecule has 0 saturated carbocycles. The molecule has 0 saturated heterocycles. The fraction of sp³-hybridized carbons (Fsp3) is 0.375. The summed E-state index contributed by atoms with van der Waals surface area (Å²) in [5.74, 6) is 1.16. The number of carbonyl (C=O) groups excluding carboxylic acids is 1. The summed E-state index contributed by atoms with van der Waals surface area (Å²) in [6.07, 6.45) is 0.780. The van der Waals surface area contributed by atoms with Gasteiger partial charge in [0.15, 0.2) is 11.5 Å². The molecule has 112 valence electrons. The van der Waals surface area contributed by atoms with Gasteiger partial charge < -0.3 is 9.47 Å². The standard InChI is InChI=1S/C16H19NO3S/c1-16(2,3)14-10-21-15(17-14)9-20-12-6-5-11(8-18)7-13(12)19-4/h5-8,10H,9H2,1-4H3. The fourth-order valence-electron chi connectivity index (χ4n) is 1.74. The van der Waals surface area contributed by atoms with Crippen LogP contribution in [0.15, 0.2) is 23.6 Å². The number of carbonyl (C=O) groups is 1. The minimum atomic E-state index is 0.0397. The highest BCUT2D eigenvalue weighted by Crippen LogP contribution is 2.29. The Kier molecular flexibility index (Phi) is 4.63. The Bertz CT molecular complexity index is 629. The van der Waals surface area contributed by atoms with Crippen molar-refractivity contribution in [3.05, 3.63) is 39.8 Å². The Morgan fingerprint density at radius 1 is 1.29 bits per heavy atom. The maximum absolute atomic E-state index is 10.8. The van der Waals surface area contributed by atoms with Crippen LogP contribution in [0.4, 0.5) is 0 Å². The van der Waals surface area contributed by atoms with E-state index in [1.807, 2.05) is 0 Å². The van der Waals surface area contributed by atoms with Gasteiger partial charge in [0.1, 0.15) is 17.9 Å². The number of benzene rings is 1. The first kappa shape index (κ1) is 15.5. The summed E-state index contributed by atoms with van der Waals surface area (Å²) in [4.78, 5) is 15.3. The minimum Gasteiger partial charge on any atom is -0.493 e. The molecule has 4 nitrogen and oxygen atoms in total. The third kappa shape index (κ3) is 3.82. The van der Waals surface area contributed by atoms with Crippen molar-refractivity contribution < 1.29 is 14.3 Å². The molecular weight excluding hydrogens is 286 g/mol.